The molecule has 4 heteroatoms. The third kappa shape index (κ3) is 2.06. The quantitative estimate of drug-likeness (QED) is 0.653. The molecule has 0 atom stereocenters. The minimum Gasteiger partial charge on any atom is -0.347 e. The van der Waals surface area contributed by atoms with Crippen LogP contribution in [0.3, 0.4) is 0 Å². The minimum absolute atomic E-state index is 0.275. The molecule has 2 aliphatic heterocycles. The van der Waals surface area contributed by atoms with E-state index in [0.29, 0.717) is 6.42 Å². The van der Waals surface area contributed by atoms with Gasteiger partial charge in [0, 0.05) is 38.9 Å². The van der Waals surface area contributed by atoms with Gasteiger partial charge in [-0.05, 0) is 0 Å². The van der Waals surface area contributed by atoms with Crippen LogP contribution in [0.1, 0.15) is 19.3 Å². The van der Waals surface area contributed by atoms with Crippen LogP contribution in [-0.2, 0) is 9.47 Å². The van der Waals surface area contributed by atoms with Gasteiger partial charge in [-0.3, -0.25) is 0 Å². The summed E-state index contributed by atoms with van der Waals surface area (Å²) in [5, 5.41) is 8.48. The third-order valence-corrected chi connectivity index (χ3v) is 2.97. The molecular formula is C10H16N2O2. The SMILES string of the molecule is N#CCCN1CCC2(CC1)OCCO2. The monoisotopic (exact) mass is 196 g/mol. The van der Waals surface area contributed by atoms with Crippen LogP contribution in [0.25, 0.3) is 0 Å². The predicted molar refractivity (Wildman–Crippen MR) is 50.5 cm³/mol. The maximum absolute atomic E-state index is 8.48. The first-order valence-corrected chi connectivity index (χ1v) is 5.22. The molecule has 2 saturated heterocycles. The second-order valence-electron chi connectivity index (χ2n) is 3.86. The molecule has 0 N–H and O–H groups in total. The smallest absolute Gasteiger partial charge is 0.170 e. The standard InChI is InChI=1S/C10H16N2O2/c11-4-1-5-12-6-2-10(3-7-12)13-8-9-14-10/h1-3,5-9H2. The lowest BCUT2D eigenvalue weighted by Crippen LogP contribution is -2.45. The van der Waals surface area contributed by atoms with Crippen LogP contribution < -0.4 is 0 Å². The highest BCUT2D eigenvalue weighted by Crippen LogP contribution is 2.30. The molecule has 14 heavy (non-hydrogen) atoms. The molecule has 0 aromatic heterocycles. The van der Waals surface area contributed by atoms with Gasteiger partial charge in [-0.1, -0.05) is 0 Å². The maximum atomic E-state index is 8.48. The Kier molecular flexibility index (Phi) is 3.02. The van der Waals surface area contributed by atoms with Crippen molar-refractivity contribution in [2.24, 2.45) is 0 Å². The highest BCUT2D eigenvalue weighted by molar-refractivity contribution is 4.84. The van der Waals surface area contributed by atoms with E-state index in [9.17, 15) is 0 Å². The van der Waals surface area contributed by atoms with Gasteiger partial charge in [-0.2, -0.15) is 5.26 Å². The number of likely N-dealkylation sites (tertiary alicyclic amines) is 1. The molecule has 0 radical (unpaired) electrons. The first-order chi connectivity index (χ1) is 6.85. The molecule has 2 fully saturated rings. The van der Waals surface area contributed by atoms with E-state index >= 15 is 0 Å². The van der Waals surface area contributed by atoms with Gasteiger partial charge in [-0.25, -0.2) is 0 Å². The fourth-order valence-electron chi connectivity index (χ4n) is 2.11. The zero-order valence-electron chi connectivity index (χ0n) is 8.37. The summed E-state index contributed by atoms with van der Waals surface area (Å²) in [6.45, 7) is 4.33. The van der Waals surface area contributed by atoms with Gasteiger partial charge < -0.3 is 14.4 Å². The van der Waals surface area contributed by atoms with E-state index in [1.54, 1.807) is 0 Å². The van der Waals surface area contributed by atoms with Crippen LogP contribution in [-0.4, -0.2) is 43.5 Å². The average Bonchev–Trinajstić information content (AvgIpc) is 2.66. The Bertz CT molecular complexity index is 221. The molecule has 2 aliphatic rings. The molecule has 78 valence electrons. The Morgan fingerprint density at radius 3 is 2.43 bits per heavy atom. The number of nitrogens with zero attached hydrogens (tertiary/aromatic N) is 2. The van der Waals surface area contributed by atoms with Gasteiger partial charge in [0.15, 0.2) is 5.79 Å². The van der Waals surface area contributed by atoms with Gasteiger partial charge in [0.05, 0.1) is 19.3 Å². The van der Waals surface area contributed by atoms with Crippen molar-refractivity contribution < 1.29 is 9.47 Å². The average molecular weight is 196 g/mol. The summed E-state index contributed by atoms with van der Waals surface area (Å²) in [7, 11) is 0. The summed E-state index contributed by atoms with van der Waals surface area (Å²) in [4.78, 5) is 2.31. The summed E-state index contributed by atoms with van der Waals surface area (Å²) in [6.07, 6.45) is 2.51. The Labute approximate surface area is 84.4 Å². The van der Waals surface area contributed by atoms with Crippen molar-refractivity contribution in [1.82, 2.24) is 4.90 Å². The van der Waals surface area contributed by atoms with Gasteiger partial charge in [-0.15, -0.1) is 0 Å². The molecule has 2 rings (SSSR count). The summed E-state index contributed by atoms with van der Waals surface area (Å²) < 4.78 is 11.2. The van der Waals surface area contributed by atoms with Crippen molar-refractivity contribution in [2.45, 2.75) is 25.0 Å². The number of hydrogen-bond acceptors (Lipinski definition) is 4. The molecule has 0 aromatic rings. The van der Waals surface area contributed by atoms with Gasteiger partial charge in [0.25, 0.3) is 0 Å². The van der Waals surface area contributed by atoms with Crippen molar-refractivity contribution in [3.63, 3.8) is 0 Å². The first kappa shape index (κ1) is 9.91. The molecule has 0 aromatic carbocycles. The summed E-state index contributed by atoms with van der Waals surface area (Å²) in [5.41, 5.74) is 0. The number of ether oxygens (including phenoxy) is 2. The first-order valence-electron chi connectivity index (χ1n) is 5.22. The van der Waals surface area contributed by atoms with E-state index in [0.717, 1.165) is 45.7 Å². The van der Waals surface area contributed by atoms with Crippen molar-refractivity contribution in [3.05, 3.63) is 0 Å². The molecule has 0 bridgehead atoms. The highest BCUT2D eigenvalue weighted by atomic mass is 16.7. The molecule has 0 amide bonds. The molecule has 0 saturated carbocycles. The van der Waals surface area contributed by atoms with Crippen LogP contribution in [0.2, 0.25) is 0 Å². The number of hydrogen-bond donors (Lipinski definition) is 0. The second kappa shape index (κ2) is 4.26. The Balaban J connectivity index is 1.77. The summed E-state index contributed by atoms with van der Waals surface area (Å²) in [6, 6.07) is 2.17. The summed E-state index contributed by atoms with van der Waals surface area (Å²) >= 11 is 0. The zero-order valence-corrected chi connectivity index (χ0v) is 8.37. The molecule has 4 nitrogen and oxygen atoms in total. The van der Waals surface area contributed by atoms with E-state index in [1.807, 2.05) is 0 Å². The lowest BCUT2D eigenvalue weighted by atomic mass is 10.0. The molecule has 0 aliphatic carbocycles. The fraction of sp³-hybridized carbons (Fsp3) is 0.900. The zero-order chi connectivity index (χ0) is 9.86. The second-order valence-corrected chi connectivity index (χ2v) is 3.86. The van der Waals surface area contributed by atoms with E-state index in [4.69, 9.17) is 14.7 Å². The topological polar surface area (TPSA) is 45.5 Å². The Hall–Kier alpha value is -0.630. The van der Waals surface area contributed by atoms with Crippen molar-refractivity contribution in [3.8, 4) is 6.07 Å². The van der Waals surface area contributed by atoms with Crippen LogP contribution in [0.5, 0.6) is 0 Å². The van der Waals surface area contributed by atoms with Crippen molar-refractivity contribution >= 4 is 0 Å². The van der Waals surface area contributed by atoms with Crippen molar-refractivity contribution in [1.29, 1.82) is 5.26 Å². The third-order valence-electron chi connectivity index (χ3n) is 2.97. The number of nitriles is 1. The van der Waals surface area contributed by atoms with E-state index in [1.165, 1.54) is 0 Å². The maximum Gasteiger partial charge on any atom is 0.170 e. The number of piperidine rings is 1. The van der Waals surface area contributed by atoms with E-state index in [-0.39, 0.29) is 5.79 Å². The molecule has 2 heterocycles. The summed E-state index contributed by atoms with van der Waals surface area (Å²) in [5.74, 6) is -0.275. The van der Waals surface area contributed by atoms with E-state index < -0.39 is 0 Å². The van der Waals surface area contributed by atoms with Gasteiger partial charge in [0.1, 0.15) is 0 Å². The van der Waals surface area contributed by atoms with Crippen LogP contribution in [0.15, 0.2) is 0 Å². The van der Waals surface area contributed by atoms with Crippen molar-refractivity contribution in [2.75, 3.05) is 32.8 Å². The molecule has 0 unspecified atom stereocenters. The lowest BCUT2D eigenvalue weighted by molar-refractivity contribution is -0.185. The van der Waals surface area contributed by atoms with Crippen LogP contribution >= 0.6 is 0 Å². The Morgan fingerprint density at radius 2 is 1.86 bits per heavy atom. The van der Waals surface area contributed by atoms with E-state index in [2.05, 4.69) is 11.0 Å². The van der Waals surface area contributed by atoms with Gasteiger partial charge >= 0.3 is 0 Å². The molecular weight excluding hydrogens is 180 g/mol. The van der Waals surface area contributed by atoms with Crippen LogP contribution in [0.4, 0.5) is 0 Å². The highest BCUT2D eigenvalue weighted by Gasteiger charge is 2.39. The minimum atomic E-state index is -0.275. The van der Waals surface area contributed by atoms with Crippen LogP contribution in [0, 0.1) is 11.3 Å². The normalized spacial score (nSPS) is 26.5. The largest absolute Gasteiger partial charge is 0.347 e. The molecule has 1 spiro atoms. The predicted octanol–water partition coefficient (Wildman–Crippen LogP) is 0.739. The number of rotatable bonds is 2. The lowest BCUT2D eigenvalue weighted by Gasteiger charge is -2.37. The van der Waals surface area contributed by atoms with Gasteiger partial charge in [0.2, 0.25) is 0 Å². The fourth-order valence-corrected chi connectivity index (χ4v) is 2.11. The Morgan fingerprint density at radius 1 is 1.21 bits per heavy atom.